The lowest BCUT2D eigenvalue weighted by Crippen LogP contribution is -2.49. The number of hydrogen-bond donors (Lipinski definition) is 12. The Kier molecular flexibility index (Phi) is 34.4. The van der Waals surface area contributed by atoms with Crippen LogP contribution in [0.4, 0.5) is 37.9 Å². The molecule has 5 aromatic heterocycles. The Bertz CT molecular complexity index is 6460. The summed E-state index contributed by atoms with van der Waals surface area (Å²) in [7, 11) is 1.67. The highest BCUT2D eigenvalue weighted by Gasteiger charge is 2.24. The van der Waals surface area contributed by atoms with Crippen molar-refractivity contribution in [3.63, 3.8) is 0 Å². The standard InChI is InChI=1S/C21H21ClN4O.C19H15ClF2N4.C19H17ClN4O.C18H14Cl2N4O.C18H21ClN6O/c1-13-14(2)20(27-3)8-7-16(13)12-24-21-18(11-23)19(25-26-21)10-15-5-4-6-17(22)9-15;1-11-16(21)6-13(7-17(11)22)10-24-19-15(9-23)18(25-26-19)8-12-3-2-4-14(20)5-12;1-12-5-6-14(18(25)7-12)11-22-19-16(10-21)17(23-24-19)9-13-3-2-4-15(20)8-13;19-12-4-1-3-11(7-12)8-16-13(9-21)18(24-23-16)22-10-14-15(20)5-2-6-17(14)25;1-13(26)25-7-5-24(6-8-25)12-21-18-16(11-20)17(22-23-18)10-14-3-2-4-15(19)9-14/h4-9H,10,12H2,1-3H3,(H2,24,25,26);2-7H,8,10H2,1H3,(H2,24,25,26);2-8,25H,9,11H2,1H3,(H2,22,23,24);1-7,25H,8,10H2,(H2,22,23,24);2-4,9H,5-8,10,12H2,1H3,(H2,21,22,23). The molecule has 0 aliphatic carbocycles. The summed E-state index contributed by atoms with van der Waals surface area (Å²) in [6.45, 7) is 14.0. The molecule has 0 radical (unpaired) electrons. The summed E-state index contributed by atoms with van der Waals surface area (Å²) in [5.41, 5.74) is 16.9. The number of ether oxygens (including phenoxy) is 1. The van der Waals surface area contributed by atoms with E-state index < -0.39 is 11.6 Å². The van der Waals surface area contributed by atoms with Crippen LogP contribution in [0.25, 0.3) is 0 Å². The van der Waals surface area contributed by atoms with Crippen LogP contribution in [0.1, 0.15) is 136 Å². The number of aryl methyl sites for hydroxylation is 1. The van der Waals surface area contributed by atoms with Crippen LogP contribution in [0.15, 0.2) is 182 Å². The number of aromatic nitrogens is 10. The van der Waals surface area contributed by atoms with E-state index in [0.717, 1.165) is 105 Å². The minimum Gasteiger partial charge on any atom is -0.508 e. The van der Waals surface area contributed by atoms with Gasteiger partial charge in [-0.1, -0.05) is 155 Å². The lowest BCUT2D eigenvalue weighted by molar-refractivity contribution is -0.130. The number of carbonyl (C=O) groups excluding carboxylic acids is 1. The SMILES string of the molecule is CC(=O)N1CCN(CNc2n[nH]c(Cc3cccc(Cl)c3)c2C#N)CC1.COc1ccc(CNc2n[nH]c(Cc3cccc(Cl)c3)c2C#N)c(C)c1C.Cc1c(F)cc(CNc2n[nH]c(Cc3cccc(Cl)c3)c2C#N)cc1F.Cc1ccc(CNc2n[nH]c(Cc3cccc(Cl)c3)c2C#N)c(O)c1.N#Cc1c(NCc2c(O)cccc2Cl)n[nH]c1Cc1cccc(Cl)c1. The Labute approximate surface area is 774 Å². The van der Waals surface area contributed by atoms with E-state index in [-0.39, 0.29) is 36.1 Å². The number of aromatic hydroxyl groups is 2. The van der Waals surface area contributed by atoms with Crippen molar-refractivity contribution >= 4 is 105 Å². The van der Waals surface area contributed by atoms with Gasteiger partial charge >= 0.3 is 0 Å². The fraction of sp³-hybridized carbons (Fsp3) is 0.211. The highest BCUT2D eigenvalue weighted by Crippen LogP contribution is 2.32. The van der Waals surface area contributed by atoms with Crippen molar-refractivity contribution in [1.82, 2.24) is 60.8 Å². The third kappa shape index (κ3) is 26.5. The fourth-order valence-corrected chi connectivity index (χ4v) is 15.1. The lowest BCUT2D eigenvalue weighted by atomic mass is 10.0. The molecule has 1 fully saturated rings. The zero-order chi connectivity index (χ0) is 92.2. The largest absolute Gasteiger partial charge is 0.508 e. The smallest absolute Gasteiger partial charge is 0.219 e. The number of nitrogens with one attached hydrogen (secondary N) is 10. The summed E-state index contributed by atoms with van der Waals surface area (Å²) in [4.78, 5) is 15.4. The number of amides is 1. The Balaban J connectivity index is 0.000000156. The molecule has 14 aromatic rings. The van der Waals surface area contributed by atoms with Crippen LogP contribution >= 0.6 is 69.6 Å². The second-order valence-corrected chi connectivity index (χ2v) is 32.4. The van der Waals surface area contributed by atoms with Gasteiger partial charge in [-0.05, 0) is 180 Å². The molecule has 1 aliphatic rings. The van der Waals surface area contributed by atoms with E-state index in [2.05, 4.69) is 120 Å². The molecule has 0 atom stereocenters. The van der Waals surface area contributed by atoms with E-state index in [1.165, 1.54) is 19.1 Å². The number of hydrogen-bond acceptors (Lipinski definition) is 20. The molecule has 1 saturated heterocycles. The minimum atomic E-state index is -0.606. The molecular weight excluding hydrogens is 1760 g/mol. The number of aromatic amines is 5. The van der Waals surface area contributed by atoms with Crippen LogP contribution in [0.2, 0.25) is 30.1 Å². The topological polar surface area (TPSA) is 396 Å². The van der Waals surface area contributed by atoms with Crippen molar-refractivity contribution < 1.29 is 28.5 Å². The average Bonchev–Trinajstić information content (AvgIpc) is 1.71. The van der Waals surface area contributed by atoms with Gasteiger partial charge in [0, 0.05) is 138 Å². The maximum atomic E-state index is 13.6. The zero-order valence-corrected chi connectivity index (χ0v) is 75.4. The number of methoxy groups -OCH3 is 1. The Morgan fingerprint density at radius 2 is 0.760 bits per heavy atom. The summed E-state index contributed by atoms with van der Waals surface area (Å²) in [6.07, 6.45) is 2.64. The third-order valence-corrected chi connectivity index (χ3v) is 22.5. The van der Waals surface area contributed by atoms with Crippen LogP contribution in [0, 0.1) is 96.0 Å². The number of rotatable bonds is 26. The van der Waals surface area contributed by atoms with E-state index >= 15 is 0 Å². The van der Waals surface area contributed by atoms with Gasteiger partial charge in [0.2, 0.25) is 5.91 Å². The second kappa shape index (κ2) is 46.4. The van der Waals surface area contributed by atoms with Crippen molar-refractivity contribution in [3.05, 3.63) is 352 Å². The first-order chi connectivity index (χ1) is 62.2. The molecule has 26 nitrogen and oxygen atoms in total. The number of H-pyrrole nitrogens is 5. The highest BCUT2D eigenvalue weighted by molar-refractivity contribution is 6.32. The van der Waals surface area contributed by atoms with Gasteiger partial charge in [0.25, 0.3) is 0 Å². The van der Waals surface area contributed by atoms with E-state index in [1.54, 1.807) is 50.4 Å². The highest BCUT2D eigenvalue weighted by atomic mass is 35.5. The van der Waals surface area contributed by atoms with Crippen molar-refractivity contribution in [3.8, 4) is 47.6 Å². The fourth-order valence-electron chi connectivity index (χ4n) is 13.8. The van der Waals surface area contributed by atoms with Crippen molar-refractivity contribution in [1.29, 1.82) is 26.3 Å². The Morgan fingerprint density at radius 3 is 1.11 bits per heavy atom. The van der Waals surface area contributed by atoms with Gasteiger partial charge < -0.3 is 46.4 Å². The zero-order valence-electron chi connectivity index (χ0n) is 70.8. The summed E-state index contributed by atoms with van der Waals surface area (Å²) >= 11 is 36.1. The lowest BCUT2D eigenvalue weighted by Gasteiger charge is -2.34. The molecule has 129 heavy (non-hydrogen) atoms. The van der Waals surface area contributed by atoms with Crippen LogP contribution in [0.3, 0.4) is 0 Å². The number of nitrogens with zero attached hydrogens (tertiary/aromatic N) is 12. The van der Waals surface area contributed by atoms with Gasteiger partial charge in [0.1, 0.15) is 87.0 Å². The molecule has 9 aromatic carbocycles. The summed E-state index contributed by atoms with van der Waals surface area (Å²) in [6, 6.07) is 65.2. The first kappa shape index (κ1) is 95.6. The number of carbonyl (C=O) groups is 1. The molecular formula is C95H88Cl6F2N22O4. The number of piperazine rings is 1. The van der Waals surface area contributed by atoms with Crippen molar-refractivity contribution in [2.45, 2.75) is 92.9 Å². The molecule has 0 bridgehead atoms. The first-order valence-corrected chi connectivity index (χ1v) is 42.6. The molecule has 12 N–H and O–H groups in total. The Morgan fingerprint density at radius 1 is 0.411 bits per heavy atom. The molecule has 658 valence electrons. The van der Waals surface area contributed by atoms with Crippen molar-refractivity contribution in [2.24, 2.45) is 0 Å². The number of halogens is 8. The predicted octanol–water partition coefficient (Wildman–Crippen LogP) is 20.2. The number of nitriles is 5. The van der Waals surface area contributed by atoms with Gasteiger partial charge in [-0.15, -0.1) is 0 Å². The molecule has 6 heterocycles. The second-order valence-electron chi connectivity index (χ2n) is 29.8. The minimum absolute atomic E-state index is 0.0185. The number of phenols is 2. The summed E-state index contributed by atoms with van der Waals surface area (Å²) in [5.74, 6) is 2.43. The molecule has 34 heteroatoms. The van der Waals surface area contributed by atoms with E-state index in [0.29, 0.717) is 161 Å². The monoisotopic (exact) mass is 1850 g/mol. The first-order valence-electron chi connectivity index (χ1n) is 40.3. The molecule has 0 spiro atoms. The van der Waals surface area contributed by atoms with Crippen LogP contribution in [-0.2, 0) is 63.1 Å². The maximum Gasteiger partial charge on any atom is 0.219 e. The van der Waals surface area contributed by atoms with Gasteiger partial charge in [-0.3, -0.25) is 35.2 Å². The van der Waals surface area contributed by atoms with Gasteiger partial charge in [0.05, 0.1) is 42.2 Å². The number of phenolic OH excluding ortho intramolecular Hbond substituents is 2. The van der Waals surface area contributed by atoms with Crippen LogP contribution in [0.5, 0.6) is 17.2 Å². The van der Waals surface area contributed by atoms with E-state index in [4.69, 9.17) is 74.3 Å². The number of anilines is 5. The van der Waals surface area contributed by atoms with Gasteiger partial charge in [-0.25, -0.2) is 8.78 Å². The Hall–Kier alpha value is -14.1. The summed E-state index contributed by atoms with van der Waals surface area (Å²) in [5, 5.41) is 122. The normalized spacial score (nSPS) is 11.4. The molecule has 0 saturated carbocycles. The number of benzene rings is 9. The molecule has 0 unspecified atom stereocenters. The molecule has 15 rings (SSSR count). The van der Waals surface area contributed by atoms with E-state index in [1.807, 2.05) is 152 Å². The predicted molar refractivity (Wildman–Crippen MR) is 499 cm³/mol. The molecule has 1 amide bonds. The maximum absolute atomic E-state index is 13.6. The van der Waals surface area contributed by atoms with Crippen LogP contribution in [-0.4, -0.2) is 117 Å². The summed E-state index contributed by atoms with van der Waals surface area (Å²) < 4.78 is 32.6. The quantitative estimate of drug-likeness (QED) is 0.0239. The van der Waals surface area contributed by atoms with Crippen molar-refractivity contribution in [2.75, 3.05) is 66.5 Å². The third-order valence-electron chi connectivity index (χ3n) is 20.9. The van der Waals surface area contributed by atoms with Gasteiger partial charge in [0.15, 0.2) is 29.1 Å². The van der Waals surface area contributed by atoms with E-state index in [9.17, 15) is 50.1 Å². The molecule has 1 aliphatic heterocycles. The van der Waals surface area contributed by atoms with Gasteiger partial charge in [-0.2, -0.15) is 51.8 Å². The van der Waals surface area contributed by atoms with Crippen LogP contribution < -0.4 is 31.3 Å². The average molecular weight is 1850 g/mol.